The molecule has 0 aromatic carbocycles. The first-order valence-corrected chi connectivity index (χ1v) is 8.18. The van der Waals surface area contributed by atoms with Gasteiger partial charge in [-0.05, 0) is 36.1 Å². The Kier molecular flexibility index (Phi) is 3.55. The molecule has 0 aliphatic rings. The molecule has 0 aliphatic carbocycles. The van der Waals surface area contributed by atoms with Crippen LogP contribution in [0.25, 0.3) is 28.5 Å². The first-order chi connectivity index (χ1) is 11.3. The number of furan rings is 1. The fourth-order valence-electron chi connectivity index (χ4n) is 2.32. The van der Waals surface area contributed by atoms with Gasteiger partial charge in [-0.15, -0.1) is 5.10 Å². The zero-order chi connectivity index (χ0) is 15.6. The third kappa shape index (κ3) is 2.59. The van der Waals surface area contributed by atoms with Crippen LogP contribution in [0, 0.1) is 0 Å². The van der Waals surface area contributed by atoms with Crippen LogP contribution in [0.15, 0.2) is 58.6 Å². The molecule has 4 heterocycles. The normalized spacial score (nSPS) is 11.2. The highest BCUT2D eigenvalue weighted by Gasteiger charge is 2.14. The van der Waals surface area contributed by atoms with Crippen LogP contribution < -0.4 is 0 Å². The van der Waals surface area contributed by atoms with Crippen LogP contribution in [0.2, 0.25) is 0 Å². The van der Waals surface area contributed by atoms with Gasteiger partial charge < -0.3 is 4.42 Å². The van der Waals surface area contributed by atoms with E-state index in [1.807, 2.05) is 30.3 Å². The average molecular weight is 323 g/mol. The Balaban J connectivity index is 1.97. The lowest BCUT2D eigenvalue weighted by molar-refractivity contribution is 0.580. The van der Waals surface area contributed by atoms with E-state index >= 15 is 0 Å². The summed E-state index contributed by atoms with van der Waals surface area (Å²) in [6, 6.07) is 9.56. The summed E-state index contributed by atoms with van der Waals surface area (Å²) in [6.45, 7) is 2.07. The first kappa shape index (κ1) is 14.0. The lowest BCUT2D eigenvalue weighted by atomic mass is 10.1. The van der Waals surface area contributed by atoms with Crippen LogP contribution in [0.1, 0.15) is 6.92 Å². The van der Waals surface area contributed by atoms with Crippen LogP contribution in [-0.2, 0) is 0 Å². The summed E-state index contributed by atoms with van der Waals surface area (Å²) < 4.78 is 7.24. The number of hydrogen-bond donors (Lipinski definition) is 0. The molecule has 0 fully saturated rings. The zero-order valence-corrected chi connectivity index (χ0v) is 13.2. The van der Waals surface area contributed by atoms with Gasteiger partial charge >= 0.3 is 0 Å². The number of pyridine rings is 1. The minimum Gasteiger partial charge on any atom is -0.463 e. The summed E-state index contributed by atoms with van der Waals surface area (Å²) in [4.78, 5) is 13.2. The molecule has 0 unspecified atom stereocenters. The smallest absolute Gasteiger partial charge is 0.254 e. The maximum atomic E-state index is 5.48. The van der Waals surface area contributed by atoms with Crippen molar-refractivity contribution in [3.8, 4) is 22.7 Å². The molecule has 0 atom stereocenters. The minimum absolute atomic E-state index is 0.557. The molecule has 6 nitrogen and oxygen atoms in total. The Morgan fingerprint density at radius 2 is 2.04 bits per heavy atom. The molecule has 0 radical (unpaired) electrons. The molecule has 0 saturated heterocycles. The quantitative estimate of drug-likeness (QED) is 0.535. The number of aromatic nitrogens is 5. The summed E-state index contributed by atoms with van der Waals surface area (Å²) in [6.07, 6.45) is 5.15. The van der Waals surface area contributed by atoms with E-state index in [-0.39, 0.29) is 0 Å². The van der Waals surface area contributed by atoms with E-state index in [9.17, 15) is 0 Å². The Bertz CT molecular complexity index is 934. The summed E-state index contributed by atoms with van der Waals surface area (Å²) in [5.74, 6) is 2.17. The van der Waals surface area contributed by atoms with Gasteiger partial charge in [0, 0.05) is 18.0 Å². The van der Waals surface area contributed by atoms with E-state index in [1.165, 1.54) is 0 Å². The molecular formula is C16H13N5OS. The van der Waals surface area contributed by atoms with E-state index in [1.54, 1.807) is 34.9 Å². The number of nitrogens with zero attached hydrogens (tertiary/aromatic N) is 5. The summed E-state index contributed by atoms with van der Waals surface area (Å²) in [5, 5.41) is 5.27. The fraction of sp³-hybridized carbons (Fsp3) is 0.125. The predicted octanol–water partition coefficient (Wildman–Crippen LogP) is 3.56. The molecule has 0 spiro atoms. The third-order valence-electron chi connectivity index (χ3n) is 3.32. The highest BCUT2D eigenvalue weighted by Crippen LogP contribution is 2.26. The van der Waals surface area contributed by atoms with Crippen molar-refractivity contribution in [1.82, 2.24) is 24.6 Å². The molecule has 114 valence electrons. The lowest BCUT2D eigenvalue weighted by Gasteiger charge is -2.05. The van der Waals surface area contributed by atoms with Gasteiger partial charge in [-0.25, -0.2) is 4.98 Å². The molecule has 4 aromatic rings. The molecule has 0 bridgehead atoms. The van der Waals surface area contributed by atoms with Crippen molar-refractivity contribution >= 4 is 17.5 Å². The summed E-state index contributed by atoms with van der Waals surface area (Å²) in [5.41, 5.74) is 2.63. The van der Waals surface area contributed by atoms with Gasteiger partial charge in [0.2, 0.25) is 5.16 Å². The second kappa shape index (κ2) is 5.85. The monoisotopic (exact) mass is 323 g/mol. The Morgan fingerprint density at radius 1 is 1.17 bits per heavy atom. The molecule has 0 N–H and O–H groups in total. The van der Waals surface area contributed by atoms with E-state index in [2.05, 4.69) is 27.0 Å². The Hall–Kier alpha value is -2.67. The van der Waals surface area contributed by atoms with Crippen molar-refractivity contribution in [1.29, 1.82) is 0 Å². The van der Waals surface area contributed by atoms with Crippen LogP contribution in [0.4, 0.5) is 0 Å². The fourth-order valence-corrected chi connectivity index (χ4v) is 2.86. The van der Waals surface area contributed by atoms with E-state index in [0.29, 0.717) is 16.7 Å². The van der Waals surface area contributed by atoms with Crippen molar-refractivity contribution < 1.29 is 4.42 Å². The van der Waals surface area contributed by atoms with Crippen LogP contribution in [0.3, 0.4) is 0 Å². The van der Waals surface area contributed by atoms with Gasteiger partial charge in [0.15, 0.2) is 5.76 Å². The first-order valence-electron chi connectivity index (χ1n) is 7.20. The summed E-state index contributed by atoms with van der Waals surface area (Å²) >= 11 is 1.59. The standard InChI is InChI=1S/C16H13N5OS/c1-2-23-16-19-15-18-12(14-4-3-9-22-14)10-13(21(15)20-16)11-5-7-17-8-6-11/h3-10H,2H2,1H3. The van der Waals surface area contributed by atoms with Gasteiger partial charge in [0.05, 0.1) is 12.0 Å². The SMILES string of the molecule is CCSc1nc2nc(-c3ccco3)cc(-c3ccncc3)n2n1. The maximum absolute atomic E-state index is 5.48. The van der Waals surface area contributed by atoms with Crippen molar-refractivity contribution in [3.63, 3.8) is 0 Å². The Labute approximate surface area is 136 Å². The maximum Gasteiger partial charge on any atom is 0.254 e. The van der Waals surface area contributed by atoms with E-state index in [4.69, 9.17) is 4.42 Å². The van der Waals surface area contributed by atoms with Crippen LogP contribution >= 0.6 is 11.8 Å². The third-order valence-corrected chi connectivity index (χ3v) is 4.04. The Morgan fingerprint density at radius 3 is 2.78 bits per heavy atom. The molecule has 0 amide bonds. The molecule has 7 heteroatoms. The molecular weight excluding hydrogens is 310 g/mol. The molecule has 23 heavy (non-hydrogen) atoms. The number of thioether (sulfide) groups is 1. The summed E-state index contributed by atoms with van der Waals surface area (Å²) in [7, 11) is 0. The van der Waals surface area contributed by atoms with E-state index < -0.39 is 0 Å². The topological polar surface area (TPSA) is 69.1 Å². The number of rotatable bonds is 4. The van der Waals surface area contributed by atoms with Crippen molar-refractivity contribution in [2.45, 2.75) is 12.1 Å². The number of fused-ring (bicyclic) bond motifs is 1. The lowest BCUT2D eigenvalue weighted by Crippen LogP contribution is -1.98. The predicted molar refractivity (Wildman–Crippen MR) is 88.1 cm³/mol. The molecule has 4 aromatic heterocycles. The molecule has 0 saturated carbocycles. The highest BCUT2D eigenvalue weighted by atomic mass is 32.2. The zero-order valence-electron chi connectivity index (χ0n) is 12.4. The largest absolute Gasteiger partial charge is 0.463 e. The van der Waals surface area contributed by atoms with Gasteiger partial charge in [-0.1, -0.05) is 18.7 Å². The second-order valence-corrected chi connectivity index (χ2v) is 6.01. The minimum atomic E-state index is 0.557. The van der Waals surface area contributed by atoms with E-state index in [0.717, 1.165) is 22.7 Å². The highest BCUT2D eigenvalue weighted by molar-refractivity contribution is 7.99. The van der Waals surface area contributed by atoms with Gasteiger partial charge in [-0.3, -0.25) is 4.98 Å². The van der Waals surface area contributed by atoms with Crippen LogP contribution in [-0.4, -0.2) is 30.3 Å². The molecule has 4 rings (SSSR count). The average Bonchev–Trinajstić information content (AvgIpc) is 3.24. The molecule has 0 aliphatic heterocycles. The second-order valence-electron chi connectivity index (χ2n) is 4.78. The van der Waals surface area contributed by atoms with Crippen molar-refractivity contribution in [2.75, 3.05) is 5.75 Å². The van der Waals surface area contributed by atoms with Gasteiger partial charge in [0.25, 0.3) is 5.78 Å². The van der Waals surface area contributed by atoms with Crippen molar-refractivity contribution in [2.24, 2.45) is 0 Å². The van der Waals surface area contributed by atoms with Gasteiger partial charge in [-0.2, -0.15) is 9.50 Å². The van der Waals surface area contributed by atoms with Crippen LogP contribution in [0.5, 0.6) is 0 Å². The van der Waals surface area contributed by atoms with Gasteiger partial charge in [0.1, 0.15) is 5.69 Å². The number of hydrogen-bond acceptors (Lipinski definition) is 6. The van der Waals surface area contributed by atoms with Crippen molar-refractivity contribution in [3.05, 3.63) is 49.0 Å².